The topological polar surface area (TPSA) is 69.7 Å². The summed E-state index contributed by atoms with van der Waals surface area (Å²) in [5, 5.41) is 18.9. The zero-order chi connectivity index (χ0) is 19.8. The number of rotatable bonds is 6. The first kappa shape index (κ1) is 21.1. The fourth-order valence-electron chi connectivity index (χ4n) is 5.05. The van der Waals surface area contributed by atoms with E-state index in [1.54, 1.807) is 0 Å². The molecule has 0 aromatic carbocycles. The van der Waals surface area contributed by atoms with E-state index < -0.39 is 5.92 Å². The van der Waals surface area contributed by atoms with Gasteiger partial charge in [0.05, 0.1) is 12.1 Å². The molecule has 0 amide bonds. The lowest BCUT2D eigenvalue weighted by Crippen LogP contribution is -2.49. The highest BCUT2D eigenvalue weighted by atomic mass is 15.2. The van der Waals surface area contributed by atoms with Gasteiger partial charge in [-0.2, -0.15) is 10.5 Å². The van der Waals surface area contributed by atoms with Crippen molar-refractivity contribution in [3.05, 3.63) is 0 Å². The maximum atomic E-state index is 9.45. The predicted octanol–water partition coefficient (Wildman–Crippen LogP) is 2.87. The monoisotopic (exact) mass is 384 g/mol. The van der Waals surface area contributed by atoms with E-state index in [1.807, 2.05) is 0 Å². The lowest BCUT2D eigenvalue weighted by atomic mass is 9.98. The first-order valence-corrected chi connectivity index (χ1v) is 11.3. The van der Waals surface area contributed by atoms with Crippen molar-refractivity contribution in [1.82, 2.24) is 14.7 Å². The van der Waals surface area contributed by atoms with Gasteiger partial charge in [0.2, 0.25) is 0 Å². The third kappa shape index (κ3) is 5.46. The lowest BCUT2D eigenvalue weighted by Gasteiger charge is -2.41. The summed E-state index contributed by atoms with van der Waals surface area (Å²) >= 11 is 0. The standard InChI is InChI=1S/C22H36N6/c1-19-7-5-13-26(19)14-6-10-25-22(20(17-23)18-24)28-15-8-21(9-16-28)27-11-3-2-4-12-27/h19-21H,2-16H2,1H3. The van der Waals surface area contributed by atoms with Crippen molar-refractivity contribution in [1.29, 1.82) is 10.5 Å². The van der Waals surface area contributed by atoms with Gasteiger partial charge in [0.1, 0.15) is 5.84 Å². The molecule has 1 unspecified atom stereocenters. The summed E-state index contributed by atoms with van der Waals surface area (Å²) in [5.74, 6) is -0.0196. The van der Waals surface area contributed by atoms with Gasteiger partial charge >= 0.3 is 0 Å². The van der Waals surface area contributed by atoms with Crippen LogP contribution in [-0.2, 0) is 0 Å². The van der Waals surface area contributed by atoms with E-state index in [1.165, 1.54) is 51.7 Å². The van der Waals surface area contributed by atoms with E-state index in [0.717, 1.165) is 44.7 Å². The van der Waals surface area contributed by atoms with Gasteiger partial charge < -0.3 is 14.7 Å². The molecule has 3 fully saturated rings. The fourth-order valence-corrected chi connectivity index (χ4v) is 5.05. The zero-order valence-corrected chi connectivity index (χ0v) is 17.5. The molecule has 154 valence electrons. The number of hydrogen-bond acceptors (Lipinski definition) is 5. The minimum Gasteiger partial charge on any atom is -0.358 e. The van der Waals surface area contributed by atoms with Crippen LogP contribution in [0.4, 0.5) is 0 Å². The Bertz CT molecular complexity index is 575. The molecule has 3 saturated heterocycles. The van der Waals surface area contributed by atoms with Crippen molar-refractivity contribution in [2.45, 2.75) is 70.4 Å². The summed E-state index contributed by atoms with van der Waals surface area (Å²) in [4.78, 5) is 12.2. The van der Waals surface area contributed by atoms with E-state index >= 15 is 0 Å². The van der Waals surface area contributed by atoms with Gasteiger partial charge in [-0.05, 0) is 71.5 Å². The Morgan fingerprint density at radius 3 is 2.29 bits per heavy atom. The van der Waals surface area contributed by atoms with E-state index in [2.05, 4.69) is 33.8 Å². The number of nitrogens with zero attached hydrogens (tertiary/aromatic N) is 6. The molecule has 3 rings (SSSR count). The maximum Gasteiger partial charge on any atom is 0.189 e. The van der Waals surface area contributed by atoms with Gasteiger partial charge in [0, 0.05) is 38.3 Å². The Hall–Kier alpha value is -1.63. The minimum atomic E-state index is -0.739. The van der Waals surface area contributed by atoms with Crippen LogP contribution >= 0.6 is 0 Å². The molecular formula is C22H36N6. The van der Waals surface area contributed by atoms with E-state index in [4.69, 9.17) is 4.99 Å². The molecule has 0 radical (unpaired) electrons. The third-order valence-corrected chi connectivity index (χ3v) is 6.78. The zero-order valence-electron chi connectivity index (χ0n) is 17.5. The summed E-state index contributed by atoms with van der Waals surface area (Å²) in [7, 11) is 0. The van der Waals surface area contributed by atoms with Crippen LogP contribution in [0.3, 0.4) is 0 Å². The van der Waals surface area contributed by atoms with E-state index in [0.29, 0.717) is 18.6 Å². The molecule has 0 saturated carbocycles. The molecule has 0 aromatic rings. The second-order valence-corrected chi connectivity index (χ2v) is 8.63. The molecule has 3 aliphatic rings. The molecule has 0 aromatic heterocycles. The minimum absolute atomic E-state index is 0.664. The SMILES string of the molecule is CC1CCCN1CCCN=C(C(C#N)C#N)N1CCC(N2CCCCC2)CC1. The molecular weight excluding hydrogens is 348 g/mol. The van der Waals surface area contributed by atoms with Crippen LogP contribution < -0.4 is 0 Å². The van der Waals surface area contributed by atoms with Crippen molar-refractivity contribution in [2.75, 3.05) is 45.8 Å². The quantitative estimate of drug-likeness (QED) is 0.400. The summed E-state index contributed by atoms with van der Waals surface area (Å²) in [6.45, 7) is 9.59. The van der Waals surface area contributed by atoms with Crippen LogP contribution in [0.5, 0.6) is 0 Å². The second kappa shape index (κ2) is 10.8. The van der Waals surface area contributed by atoms with Gasteiger partial charge in [0.15, 0.2) is 5.92 Å². The van der Waals surface area contributed by atoms with E-state index in [9.17, 15) is 10.5 Å². The first-order chi connectivity index (χ1) is 13.7. The number of piperidine rings is 2. The maximum absolute atomic E-state index is 9.45. The van der Waals surface area contributed by atoms with Crippen molar-refractivity contribution in [2.24, 2.45) is 10.9 Å². The molecule has 0 bridgehead atoms. The largest absolute Gasteiger partial charge is 0.358 e. The smallest absolute Gasteiger partial charge is 0.189 e. The molecule has 6 heteroatoms. The van der Waals surface area contributed by atoms with Crippen molar-refractivity contribution in [3.8, 4) is 12.1 Å². The molecule has 28 heavy (non-hydrogen) atoms. The Balaban J connectivity index is 1.53. The Labute approximate surface area is 170 Å². The molecule has 1 atom stereocenters. The number of hydrogen-bond donors (Lipinski definition) is 0. The van der Waals surface area contributed by atoms with Gasteiger partial charge in [-0.25, -0.2) is 0 Å². The van der Waals surface area contributed by atoms with E-state index in [-0.39, 0.29) is 0 Å². The highest BCUT2D eigenvalue weighted by Gasteiger charge is 2.29. The van der Waals surface area contributed by atoms with Crippen LogP contribution in [-0.4, -0.2) is 78.4 Å². The highest BCUT2D eigenvalue weighted by molar-refractivity contribution is 5.89. The number of nitriles is 2. The van der Waals surface area contributed by atoms with Crippen LogP contribution in [0.2, 0.25) is 0 Å². The summed E-state index contributed by atoms with van der Waals surface area (Å²) in [6, 6.07) is 5.66. The molecule has 0 N–H and O–H groups in total. The van der Waals surface area contributed by atoms with Crippen molar-refractivity contribution in [3.63, 3.8) is 0 Å². The summed E-state index contributed by atoms with van der Waals surface area (Å²) in [6.07, 6.45) is 9.86. The Morgan fingerprint density at radius 1 is 0.964 bits per heavy atom. The van der Waals surface area contributed by atoms with Gasteiger partial charge in [-0.1, -0.05) is 6.42 Å². The average Bonchev–Trinajstić information content (AvgIpc) is 3.16. The van der Waals surface area contributed by atoms with Crippen LogP contribution in [0.25, 0.3) is 0 Å². The second-order valence-electron chi connectivity index (χ2n) is 8.63. The highest BCUT2D eigenvalue weighted by Crippen LogP contribution is 2.22. The summed E-state index contributed by atoms with van der Waals surface area (Å²) < 4.78 is 0. The molecule has 6 nitrogen and oxygen atoms in total. The third-order valence-electron chi connectivity index (χ3n) is 6.78. The first-order valence-electron chi connectivity index (χ1n) is 11.3. The normalized spacial score (nSPS) is 25.8. The van der Waals surface area contributed by atoms with Crippen molar-refractivity contribution >= 4 is 5.84 Å². The van der Waals surface area contributed by atoms with Crippen LogP contribution in [0, 0.1) is 28.6 Å². The number of aliphatic imine (C=N–C) groups is 1. The predicted molar refractivity (Wildman–Crippen MR) is 112 cm³/mol. The lowest BCUT2D eigenvalue weighted by molar-refractivity contribution is 0.114. The number of likely N-dealkylation sites (tertiary alicyclic amines) is 3. The molecule has 0 aliphatic carbocycles. The van der Waals surface area contributed by atoms with Gasteiger partial charge in [-0.3, -0.25) is 4.99 Å². The Morgan fingerprint density at radius 2 is 1.68 bits per heavy atom. The molecule has 3 aliphatic heterocycles. The fraction of sp³-hybridized carbons (Fsp3) is 0.864. The molecule has 3 heterocycles. The number of amidine groups is 1. The summed E-state index contributed by atoms with van der Waals surface area (Å²) in [5.41, 5.74) is 0. The van der Waals surface area contributed by atoms with Gasteiger partial charge in [-0.15, -0.1) is 0 Å². The van der Waals surface area contributed by atoms with Crippen molar-refractivity contribution < 1.29 is 0 Å². The Kier molecular flexibility index (Phi) is 8.13. The average molecular weight is 385 g/mol. The molecule has 0 spiro atoms. The van der Waals surface area contributed by atoms with Gasteiger partial charge in [0.25, 0.3) is 0 Å². The van der Waals surface area contributed by atoms with Crippen LogP contribution in [0.15, 0.2) is 4.99 Å². The van der Waals surface area contributed by atoms with Crippen LogP contribution in [0.1, 0.15) is 58.3 Å².